The Morgan fingerprint density at radius 1 is 1.38 bits per heavy atom. The summed E-state index contributed by atoms with van der Waals surface area (Å²) in [6, 6.07) is 0.0360. The molecule has 0 saturated carbocycles. The monoisotopic (exact) mass is 240 g/mol. The van der Waals surface area contributed by atoms with E-state index in [9.17, 15) is 4.79 Å². The van der Waals surface area contributed by atoms with Crippen molar-refractivity contribution in [3.63, 3.8) is 0 Å². The van der Waals surface area contributed by atoms with Crippen molar-refractivity contribution in [2.75, 3.05) is 19.7 Å². The van der Waals surface area contributed by atoms with Crippen LogP contribution in [0.2, 0.25) is 0 Å². The van der Waals surface area contributed by atoms with Gasteiger partial charge in [0.1, 0.15) is 6.04 Å². The smallest absolute Gasteiger partial charge is 0.251 e. The molecule has 3 saturated heterocycles. The lowest BCUT2D eigenvalue weighted by Gasteiger charge is -2.21. The minimum Gasteiger partial charge on any atom is -0.376 e. The third kappa shape index (κ3) is 1.53. The van der Waals surface area contributed by atoms with E-state index in [0.29, 0.717) is 6.54 Å². The quantitative estimate of drug-likeness (QED) is 0.667. The molecular formula is C11H16N2O2S. The van der Waals surface area contributed by atoms with Crippen LogP contribution in [0.5, 0.6) is 0 Å². The SMILES string of the molecule is O=C1[C@@H]2CCCN2C(=S)N1C[C@H]1CCCO1. The minimum absolute atomic E-state index is 0.0360. The van der Waals surface area contributed by atoms with E-state index in [0.717, 1.165) is 43.9 Å². The topological polar surface area (TPSA) is 32.8 Å². The summed E-state index contributed by atoms with van der Waals surface area (Å²) in [5.74, 6) is 0.193. The van der Waals surface area contributed by atoms with Crippen LogP contribution in [-0.2, 0) is 9.53 Å². The molecule has 0 N–H and O–H groups in total. The van der Waals surface area contributed by atoms with Gasteiger partial charge in [0.05, 0.1) is 12.6 Å². The van der Waals surface area contributed by atoms with Gasteiger partial charge in [-0.3, -0.25) is 9.69 Å². The van der Waals surface area contributed by atoms with Crippen molar-refractivity contribution in [3.05, 3.63) is 0 Å². The Kier molecular flexibility index (Phi) is 2.59. The van der Waals surface area contributed by atoms with Gasteiger partial charge in [-0.15, -0.1) is 0 Å². The number of ether oxygens (including phenoxy) is 1. The summed E-state index contributed by atoms with van der Waals surface area (Å²) in [5.41, 5.74) is 0. The van der Waals surface area contributed by atoms with Crippen LogP contribution in [0, 0.1) is 0 Å². The summed E-state index contributed by atoms with van der Waals surface area (Å²) in [6.45, 7) is 2.43. The van der Waals surface area contributed by atoms with Crippen LogP contribution in [0.15, 0.2) is 0 Å². The van der Waals surface area contributed by atoms with E-state index < -0.39 is 0 Å². The number of nitrogens with zero attached hydrogens (tertiary/aromatic N) is 2. The second-order valence-electron chi connectivity index (χ2n) is 4.72. The van der Waals surface area contributed by atoms with Gasteiger partial charge >= 0.3 is 0 Å². The number of carbonyl (C=O) groups excluding carboxylic acids is 1. The van der Waals surface area contributed by atoms with Gasteiger partial charge in [0.25, 0.3) is 5.91 Å². The first-order valence-corrected chi connectivity index (χ1v) is 6.42. The molecule has 4 nitrogen and oxygen atoms in total. The third-order valence-electron chi connectivity index (χ3n) is 3.69. The predicted molar refractivity (Wildman–Crippen MR) is 63.0 cm³/mol. The fourth-order valence-electron chi connectivity index (χ4n) is 2.84. The Morgan fingerprint density at radius 2 is 2.25 bits per heavy atom. The van der Waals surface area contributed by atoms with Crippen LogP contribution in [-0.4, -0.2) is 52.7 Å². The van der Waals surface area contributed by atoms with Gasteiger partial charge in [0.2, 0.25) is 0 Å². The number of rotatable bonds is 2. The van der Waals surface area contributed by atoms with Gasteiger partial charge in [-0.2, -0.15) is 0 Å². The van der Waals surface area contributed by atoms with Crippen molar-refractivity contribution in [2.45, 2.75) is 37.8 Å². The van der Waals surface area contributed by atoms with Gasteiger partial charge in [-0.05, 0) is 37.9 Å². The molecule has 16 heavy (non-hydrogen) atoms. The van der Waals surface area contributed by atoms with Gasteiger partial charge in [-0.25, -0.2) is 0 Å². The Morgan fingerprint density at radius 3 is 2.94 bits per heavy atom. The number of fused-ring (bicyclic) bond motifs is 1. The third-order valence-corrected chi connectivity index (χ3v) is 4.15. The summed E-state index contributed by atoms with van der Waals surface area (Å²) in [4.78, 5) is 16.0. The molecule has 1 amide bonds. The predicted octanol–water partition coefficient (Wildman–Crippen LogP) is 0.757. The second kappa shape index (κ2) is 3.96. The van der Waals surface area contributed by atoms with E-state index >= 15 is 0 Å². The van der Waals surface area contributed by atoms with Crippen molar-refractivity contribution in [3.8, 4) is 0 Å². The largest absolute Gasteiger partial charge is 0.376 e. The molecule has 3 aliphatic rings. The Labute approximate surface area is 101 Å². The van der Waals surface area contributed by atoms with Crippen molar-refractivity contribution in [1.82, 2.24) is 9.80 Å². The molecule has 2 atom stereocenters. The van der Waals surface area contributed by atoms with Crippen molar-refractivity contribution < 1.29 is 9.53 Å². The number of amides is 1. The molecule has 0 unspecified atom stereocenters. The van der Waals surface area contributed by atoms with Gasteiger partial charge in [0, 0.05) is 13.2 Å². The molecule has 88 valence electrons. The summed E-state index contributed by atoms with van der Waals surface area (Å²) in [5, 5.41) is 0.725. The molecule has 0 aromatic carbocycles. The van der Waals surface area contributed by atoms with Crippen molar-refractivity contribution >= 4 is 23.2 Å². The molecule has 0 radical (unpaired) electrons. The lowest BCUT2D eigenvalue weighted by molar-refractivity contribution is -0.128. The van der Waals surface area contributed by atoms with E-state index in [-0.39, 0.29) is 18.1 Å². The fourth-order valence-corrected chi connectivity index (χ4v) is 3.22. The lowest BCUT2D eigenvalue weighted by atomic mass is 10.2. The van der Waals surface area contributed by atoms with Crippen molar-refractivity contribution in [1.29, 1.82) is 0 Å². The Balaban J connectivity index is 1.71. The van der Waals surface area contributed by atoms with Crippen LogP contribution in [0.1, 0.15) is 25.7 Å². The first-order valence-electron chi connectivity index (χ1n) is 6.01. The van der Waals surface area contributed by atoms with E-state index in [1.807, 2.05) is 0 Å². The van der Waals surface area contributed by atoms with Gasteiger partial charge < -0.3 is 9.64 Å². The number of carbonyl (C=O) groups is 1. The summed E-state index contributed by atoms with van der Waals surface area (Å²) in [6.07, 6.45) is 4.40. The zero-order valence-electron chi connectivity index (χ0n) is 9.22. The molecule has 3 rings (SSSR count). The summed E-state index contributed by atoms with van der Waals surface area (Å²) in [7, 11) is 0. The van der Waals surface area contributed by atoms with Crippen LogP contribution in [0.3, 0.4) is 0 Å². The maximum absolute atomic E-state index is 12.1. The fraction of sp³-hybridized carbons (Fsp3) is 0.818. The van der Waals surface area contributed by atoms with E-state index in [1.165, 1.54) is 0 Å². The highest BCUT2D eigenvalue weighted by molar-refractivity contribution is 7.80. The number of hydrogen-bond acceptors (Lipinski definition) is 3. The molecule has 0 bridgehead atoms. The Bertz CT molecular complexity index is 306. The molecule has 0 spiro atoms. The molecule has 3 fully saturated rings. The Hall–Kier alpha value is -0.680. The highest BCUT2D eigenvalue weighted by Gasteiger charge is 2.45. The minimum atomic E-state index is 0.0360. The highest BCUT2D eigenvalue weighted by Crippen LogP contribution is 2.28. The van der Waals surface area contributed by atoms with Crippen molar-refractivity contribution in [2.24, 2.45) is 0 Å². The standard InChI is InChI=1S/C11H16N2O2S/c14-10-9-4-1-5-12(9)11(16)13(10)7-8-3-2-6-15-8/h8-9H,1-7H2/t8-,9+/m1/s1. The lowest BCUT2D eigenvalue weighted by Crippen LogP contribution is -2.38. The molecular weight excluding hydrogens is 224 g/mol. The summed E-state index contributed by atoms with van der Waals surface area (Å²) < 4.78 is 5.56. The first kappa shape index (κ1) is 10.5. The van der Waals surface area contributed by atoms with E-state index in [4.69, 9.17) is 17.0 Å². The second-order valence-corrected chi connectivity index (χ2v) is 5.08. The highest BCUT2D eigenvalue weighted by atomic mass is 32.1. The molecule has 3 aliphatic heterocycles. The van der Waals surface area contributed by atoms with Gasteiger partial charge in [0.15, 0.2) is 5.11 Å². The zero-order valence-corrected chi connectivity index (χ0v) is 10.0. The molecule has 0 aliphatic carbocycles. The van der Waals surface area contributed by atoms with Gasteiger partial charge in [-0.1, -0.05) is 0 Å². The van der Waals surface area contributed by atoms with Crippen LogP contribution in [0.4, 0.5) is 0 Å². The molecule has 3 heterocycles. The first-order chi connectivity index (χ1) is 7.77. The molecule has 5 heteroatoms. The molecule has 0 aromatic rings. The number of hydrogen-bond donors (Lipinski definition) is 0. The van der Waals surface area contributed by atoms with Crippen LogP contribution in [0.25, 0.3) is 0 Å². The van der Waals surface area contributed by atoms with Crippen LogP contribution >= 0.6 is 12.2 Å². The zero-order chi connectivity index (χ0) is 11.1. The molecule has 0 aromatic heterocycles. The maximum Gasteiger partial charge on any atom is 0.251 e. The average molecular weight is 240 g/mol. The summed E-state index contributed by atoms with van der Waals surface area (Å²) >= 11 is 5.37. The number of thiocarbonyl (C=S) groups is 1. The normalized spacial score (nSPS) is 34.0. The van der Waals surface area contributed by atoms with E-state index in [2.05, 4.69) is 4.90 Å². The maximum atomic E-state index is 12.1. The van der Waals surface area contributed by atoms with Crippen LogP contribution < -0.4 is 0 Å². The average Bonchev–Trinajstić information content (AvgIpc) is 2.97. The van der Waals surface area contributed by atoms with E-state index in [1.54, 1.807) is 4.90 Å².